The average molecular weight is 675 g/mol. The van der Waals surface area contributed by atoms with E-state index in [0.717, 1.165) is 75.7 Å². The lowest BCUT2D eigenvalue weighted by molar-refractivity contribution is -0.716. The molecule has 6 heteroatoms. The Balaban J connectivity index is 1.33. The molecule has 6 heterocycles. The lowest BCUT2D eigenvalue weighted by atomic mass is 9.77. The summed E-state index contributed by atoms with van der Waals surface area (Å²) in [6, 6.07) is 27.2. The lowest BCUT2D eigenvalue weighted by Crippen LogP contribution is -2.54. The predicted molar refractivity (Wildman–Crippen MR) is 207 cm³/mol. The molecule has 250 valence electrons. The fourth-order valence-electron chi connectivity index (χ4n) is 9.16. The number of aromatic nitrogens is 4. The number of imidazole rings is 1. The molecule has 4 aromatic heterocycles. The van der Waals surface area contributed by atoms with Gasteiger partial charge in [-0.05, 0) is 54.0 Å². The first-order chi connectivity index (χ1) is 24.1. The molecule has 2 aliphatic heterocycles. The van der Waals surface area contributed by atoms with Gasteiger partial charge in [-0.3, -0.25) is 4.98 Å². The maximum absolute atomic E-state index is 6.78. The molecule has 2 unspecified atom stereocenters. The number of para-hydroxylation sites is 1. The van der Waals surface area contributed by atoms with Crippen molar-refractivity contribution in [3.05, 3.63) is 115 Å². The molecule has 5 nitrogen and oxygen atoms in total. The molecule has 3 aromatic carbocycles. The second kappa shape index (κ2) is 11.4. The van der Waals surface area contributed by atoms with E-state index in [0.29, 0.717) is 11.8 Å². The zero-order valence-corrected chi connectivity index (χ0v) is 31.1. The molecule has 0 N–H and O–H groups in total. The predicted octanol–water partition coefficient (Wildman–Crippen LogP) is 9.27. The normalized spacial score (nSPS) is 17.5. The third-order valence-corrected chi connectivity index (χ3v) is 13.4. The fourth-order valence-corrected chi connectivity index (χ4v) is 10.8. The zero-order valence-electron chi connectivity index (χ0n) is 30.1. The molecular formula is C44H46N4OSi+2. The highest BCUT2D eigenvalue weighted by molar-refractivity contribution is 6.89. The molecule has 0 radical (unpaired) electrons. The highest BCUT2D eigenvalue weighted by Crippen LogP contribution is 2.47. The third-order valence-electron chi connectivity index (χ3n) is 11.3. The van der Waals surface area contributed by atoms with Crippen LogP contribution in [-0.2, 0) is 19.9 Å². The van der Waals surface area contributed by atoms with Crippen LogP contribution in [0.2, 0.25) is 19.6 Å². The van der Waals surface area contributed by atoms with E-state index < -0.39 is 8.07 Å². The number of furan rings is 1. The SMILES string of the molecule is C=C1CC2C(CCc3ccc4c(oc5ccccc54)c3-c3n1c1ccncc1[n+]3C)c1ccccc1-c1cc(CC(C)C)c([Si](C)(C)C)c[n+]12. The molecule has 2 atom stereocenters. The summed E-state index contributed by atoms with van der Waals surface area (Å²) >= 11 is 0. The first-order valence-corrected chi connectivity index (χ1v) is 21.7. The van der Waals surface area contributed by atoms with Crippen molar-refractivity contribution in [1.29, 1.82) is 0 Å². The highest BCUT2D eigenvalue weighted by atomic mass is 28.3. The monoisotopic (exact) mass is 674 g/mol. The highest BCUT2D eigenvalue weighted by Gasteiger charge is 2.44. The van der Waals surface area contributed by atoms with Crippen molar-refractivity contribution in [3.8, 4) is 22.6 Å². The number of rotatable bonds is 3. The van der Waals surface area contributed by atoms with Gasteiger partial charge in [-0.15, -0.1) is 0 Å². The van der Waals surface area contributed by atoms with Crippen LogP contribution >= 0.6 is 0 Å². The van der Waals surface area contributed by atoms with Crippen LogP contribution in [0.1, 0.15) is 55.3 Å². The molecule has 2 aliphatic rings. The Hall–Kier alpha value is -4.81. The van der Waals surface area contributed by atoms with Gasteiger partial charge in [-0.2, -0.15) is 9.13 Å². The summed E-state index contributed by atoms with van der Waals surface area (Å²) in [7, 11) is 0.510. The summed E-state index contributed by atoms with van der Waals surface area (Å²) in [5.74, 6) is 2.03. The van der Waals surface area contributed by atoms with Gasteiger partial charge in [-0.25, -0.2) is 4.57 Å². The van der Waals surface area contributed by atoms with Gasteiger partial charge in [0.15, 0.2) is 28.9 Å². The van der Waals surface area contributed by atoms with Crippen LogP contribution in [0, 0.1) is 5.92 Å². The largest absolute Gasteiger partial charge is 0.455 e. The number of aryl methyl sites for hydroxylation is 2. The Bertz CT molecular complexity index is 2510. The number of allylic oxidation sites excluding steroid dienone is 1. The van der Waals surface area contributed by atoms with E-state index in [2.05, 4.69) is 138 Å². The van der Waals surface area contributed by atoms with Crippen molar-refractivity contribution in [3.63, 3.8) is 0 Å². The summed E-state index contributed by atoms with van der Waals surface area (Å²) in [6.45, 7) is 17.1. The van der Waals surface area contributed by atoms with Crippen LogP contribution in [-0.4, -0.2) is 17.6 Å². The second-order valence-corrected chi connectivity index (χ2v) is 21.1. The van der Waals surface area contributed by atoms with E-state index in [1.165, 1.54) is 27.9 Å². The molecule has 7 aromatic rings. The Morgan fingerprint density at radius 1 is 1.00 bits per heavy atom. The van der Waals surface area contributed by atoms with Gasteiger partial charge >= 0.3 is 0 Å². The summed E-state index contributed by atoms with van der Waals surface area (Å²) in [5, 5.41) is 3.88. The summed E-state index contributed by atoms with van der Waals surface area (Å²) < 4.78 is 14.2. The summed E-state index contributed by atoms with van der Waals surface area (Å²) in [4.78, 5) is 4.57. The van der Waals surface area contributed by atoms with E-state index in [4.69, 9.17) is 11.0 Å². The van der Waals surface area contributed by atoms with Gasteiger partial charge in [0.05, 0.1) is 27.7 Å². The van der Waals surface area contributed by atoms with Crippen LogP contribution in [0.3, 0.4) is 0 Å². The molecule has 0 saturated heterocycles. The maximum Gasteiger partial charge on any atom is 0.298 e. The molecule has 9 rings (SSSR count). The molecule has 0 aliphatic carbocycles. The van der Waals surface area contributed by atoms with E-state index in [1.807, 2.05) is 12.4 Å². The number of pyridine rings is 2. The van der Waals surface area contributed by atoms with Gasteiger partial charge in [0.2, 0.25) is 5.69 Å². The van der Waals surface area contributed by atoms with E-state index >= 15 is 0 Å². The first-order valence-electron chi connectivity index (χ1n) is 18.2. The molecular weight excluding hydrogens is 629 g/mol. The maximum atomic E-state index is 6.78. The molecule has 0 bridgehead atoms. The van der Waals surface area contributed by atoms with Crippen molar-refractivity contribution in [2.75, 3.05) is 0 Å². The Labute approximate surface area is 295 Å². The second-order valence-electron chi connectivity index (χ2n) is 16.1. The first kappa shape index (κ1) is 31.2. The topological polar surface area (TPSA) is 38.7 Å². The Morgan fingerprint density at radius 3 is 2.62 bits per heavy atom. The van der Waals surface area contributed by atoms with Crippen molar-refractivity contribution in [2.45, 2.75) is 71.1 Å². The average Bonchev–Trinajstić information content (AvgIpc) is 3.62. The zero-order chi connectivity index (χ0) is 34.5. The van der Waals surface area contributed by atoms with Gasteiger partial charge < -0.3 is 4.42 Å². The van der Waals surface area contributed by atoms with Gasteiger partial charge in [0, 0.05) is 45.8 Å². The van der Waals surface area contributed by atoms with Gasteiger partial charge in [0.1, 0.15) is 16.8 Å². The number of hydrogen-bond donors (Lipinski definition) is 0. The van der Waals surface area contributed by atoms with Crippen LogP contribution < -0.4 is 14.3 Å². The van der Waals surface area contributed by atoms with E-state index in [9.17, 15) is 0 Å². The standard InChI is InChI=1S/C44H46N4OSi/c1-27(2)22-30-24-38-32-13-9-8-12-31(32)33-18-16-29-17-19-35-34-14-10-11-15-40(34)49-43(35)42(29)44-46(4)39-25-45-21-20-36(39)48(44)28(3)23-37(33)47(38)26-41(30)50(5,6)7/h8-15,17,19-21,24-27,33,37H,3,16,18,22-23H2,1-2,4-7H3/q+2. The van der Waals surface area contributed by atoms with Gasteiger partial charge in [-0.1, -0.05) is 88.6 Å². The van der Waals surface area contributed by atoms with Crippen LogP contribution in [0.25, 0.3) is 61.3 Å². The van der Waals surface area contributed by atoms with E-state index in [-0.39, 0.29) is 6.04 Å². The van der Waals surface area contributed by atoms with Crippen LogP contribution in [0.15, 0.2) is 102 Å². The molecule has 0 amide bonds. The Kier molecular flexibility index (Phi) is 7.08. The molecule has 0 spiro atoms. The number of hydrogen-bond acceptors (Lipinski definition) is 2. The quantitative estimate of drug-likeness (QED) is 0.138. The van der Waals surface area contributed by atoms with Crippen molar-refractivity contribution in [1.82, 2.24) is 9.55 Å². The smallest absolute Gasteiger partial charge is 0.298 e. The van der Waals surface area contributed by atoms with Gasteiger partial charge in [0.25, 0.3) is 5.82 Å². The van der Waals surface area contributed by atoms with Crippen LogP contribution in [0.4, 0.5) is 0 Å². The van der Waals surface area contributed by atoms with Crippen molar-refractivity contribution >= 4 is 51.9 Å². The number of benzene rings is 3. The Morgan fingerprint density at radius 2 is 1.80 bits per heavy atom. The minimum Gasteiger partial charge on any atom is -0.455 e. The summed E-state index contributed by atoms with van der Waals surface area (Å²) in [5.41, 5.74) is 13.3. The minimum absolute atomic E-state index is 0.226. The van der Waals surface area contributed by atoms with E-state index in [1.54, 1.807) is 5.19 Å². The summed E-state index contributed by atoms with van der Waals surface area (Å²) in [6.07, 6.45) is 10.4. The number of nitrogens with zero attached hydrogens (tertiary/aromatic N) is 4. The molecule has 0 saturated carbocycles. The lowest BCUT2D eigenvalue weighted by Gasteiger charge is -2.33. The molecule has 50 heavy (non-hydrogen) atoms. The fraction of sp³-hybridized carbons (Fsp3) is 0.295. The molecule has 0 fully saturated rings. The van der Waals surface area contributed by atoms with Crippen molar-refractivity contribution in [2.24, 2.45) is 13.0 Å². The van der Waals surface area contributed by atoms with Crippen molar-refractivity contribution < 1.29 is 13.6 Å². The third kappa shape index (κ3) is 4.68. The minimum atomic E-state index is -1.66. The van der Waals surface area contributed by atoms with Crippen LogP contribution in [0.5, 0.6) is 0 Å². The number of fused-ring (bicyclic) bond motifs is 15.